The molecule has 0 saturated carbocycles. The summed E-state index contributed by atoms with van der Waals surface area (Å²) in [4.78, 5) is 4.30. The van der Waals surface area contributed by atoms with Crippen molar-refractivity contribution in [1.29, 1.82) is 0 Å². The van der Waals surface area contributed by atoms with E-state index in [1.54, 1.807) is 17.4 Å². The fraction of sp³-hybridized carbons (Fsp3) is 0.267. The van der Waals surface area contributed by atoms with E-state index in [0.717, 1.165) is 17.3 Å². The molecule has 1 atom stereocenters. The Labute approximate surface area is 118 Å². The lowest BCUT2D eigenvalue weighted by Crippen LogP contribution is -2.17. The number of hydrogen-bond acceptors (Lipinski definition) is 4. The first-order valence-electron chi connectivity index (χ1n) is 6.25. The van der Waals surface area contributed by atoms with E-state index in [1.165, 1.54) is 5.56 Å². The van der Waals surface area contributed by atoms with Gasteiger partial charge in [0, 0.05) is 18.1 Å². The van der Waals surface area contributed by atoms with E-state index in [1.807, 2.05) is 23.7 Å². The molecule has 0 bridgehead atoms. The Balaban J connectivity index is 1.84. The third-order valence-electron chi connectivity index (χ3n) is 2.73. The average Bonchev–Trinajstić information content (AvgIpc) is 2.98. The molecular weight excluding hydrogens is 256 g/mol. The zero-order valence-corrected chi connectivity index (χ0v) is 11.8. The summed E-state index contributed by atoms with van der Waals surface area (Å²) in [5.74, 6) is 0.872. The van der Waals surface area contributed by atoms with E-state index >= 15 is 0 Å². The summed E-state index contributed by atoms with van der Waals surface area (Å²) in [5.41, 5.74) is 1.23. The van der Waals surface area contributed by atoms with Crippen molar-refractivity contribution < 1.29 is 4.74 Å². The van der Waals surface area contributed by atoms with Crippen LogP contribution in [0.25, 0.3) is 0 Å². The van der Waals surface area contributed by atoms with Crippen LogP contribution in [-0.4, -0.2) is 11.6 Å². The van der Waals surface area contributed by atoms with Gasteiger partial charge in [-0.15, -0.1) is 11.3 Å². The molecule has 4 heteroatoms. The van der Waals surface area contributed by atoms with Gasteiger partial charge in [0.05, 0.1) is 6.04 Å². The lowest BCUT2D eigenvalue weighted by Gasteiger charge is -2.11. The van der Waals surface area contributed by atoms with Crippen LogP contribution in [-0.2, 0) is 6.54 Å². The Morgan fingerprint density at radius 2 is 2.21 bits per heavy atom. The van der Waals surface area contributed by atoms with Crippen molar-refractivity contribution in [1.82, 2.24) is 10.3 Å². The number of rotatable bonds is 7. The van der Waals surface area contributed by atoms with Crippen molar-refractivity contribution in [3.8, 4) is 5.75 Å². The molecule has 2 rings (SSSR count). The standard InChI is InChI=1S/C15H18N2OS/c1-3-9-18-14-6-4-13(5-7-14)11-17-12(2)15-16-8-10-19-15/h3-8,10,12,17H,1,9,11H2,2H3/t12-/m1/s1. The number of ether oxygens (including phenoxy) is 1. The van der Waals surface area contributed by atoms with Crippen LogP contribution in [0.5, 0.6) is 5.75 Å². The summed E-state index contributed by atoms with van der Waals surface area (Å²) in [6.07, 6.45) is 3.58. The normalized spacial score (nSPS) is 12.1. The van der Waals surface area contributed by atoms with Crippen molar-refractivity contribution in [2.45, 2.75) is 19.5 Å². The number of nitrogens with one attached hydrogen (secondary N) is 1. The topological polar surface area (TPSA) is 34.1 Å². The third-order valence-corrected chi connectivity index (χ3v) is 3.68. The van der Waals surface area contributed by atoms with Gasteiger partial charge in [-0.1, -0.05) is 24.8 Å². The van der Waals surface area contributed by atoms with E-state index in [9.17, 15) is 0 Å². The summed E-state index contributed by atoms with van der Waals surface area (Å²) in [6.45, 7) is 7.11. The van der Waals surface area contributed by atoms with Gasteiger partial charge in [0.2, 0.25) is 0 Å². The highest BCUT2D eigenvalue weighted by molar-refractivity contribution is 7.09. The van der Waals surface area contributed by atoms with Gasteiger partial charge in [-0.2, -0.15) is 0 Å². The van der Waals surface area contributed by atoms with Crippen LogP contribution in [0.3, 0.4) is 0 Å². The molecule has 0 amide bonds. The number of nitrogens with zero attached hydrogens (tertiary/aromatic N) is 1. The smallest absolute Gasteiger partial charge is 0.119 e. The van der Waals surface area contributed by atoms with Gasteiger partial charge >= 0.3 is 0 Å². The second kappa shape index (κ2) is 7.07. The van der Waals surface area contributed by atoms with Crippen LogP contribution in [0.2, 0.25) is 0 Å². The number of benzene rings is 1. The van der Waals surface area contributed by atoms with Gasteiger partial charge < -0.3 is 10.1 Å². The Morgan fingerprint density at radius 1 is 1.42 bits per heavy atom. The number of hydrogen-bond donors (Lipinski definition) is 1. The molecule has 1 heterocycles. The molecule has 1 N–H and O–H groups in total. The van der Waals surface area contributed by atoms with Crippen LogP contribution in [0.1, 0.15) is 23.5 Å². The summed E-state index contributed by atoms with van der Waals surface area (Å²) in [5, 5.41) is 6.57. The Hall–Kier alpha value is -1.65. The SMILES string of the molecule is C=CCOc1ccc(CN[C@H](C)c2nccs2)cc1. The Kier molecular flexibility index (Phi) is 5.12. The molecule has 100 valence electrons. The van der Waals surface area contributed by atoms with E-state index in [0.29, 0.717) is 6.61 Å². The molecule has 0 spiro atoms. The van der Waals surface area contributed by atoms with Crippen molar-refractivity contribution in [2.75, 3.05) is 6.61 Å². The molecule has 2 aromatic rings. The Morgan fingerprint density at radius 3 is 2.84 bits per heavy atom. The fourth-order valence-corrected chi connectivity index (χ4v) is 2.34. The highest BCUT2D eigenvalue weighted by atomic mass is 32.1. The van der Waals surface area contributed by atoms with Gasteiger partial charge in [-0.25, -0.2) is 4.98 Å². The van der Waals surface area contributed by atoms with Crippen LogP contribution >= 0.6 is 11.3 Å². The number of thiazole rings is 1. The Bertz CT molecular complexity index is 493. The predicted molar refractivity (Wildman–Crippen MR) is 79.5 cm³/mol. The first-order valence-corrected chi connectivity index (χ1v) is 7.13. The second-order valence-electron chi connectivity index (χ2n) is 4.22. The average molecular weight is 274 g/mol. The molecule has 1 aromatic heterocycles. The number of aromatic nitrogens is 1. The minimum Gasteiger partial charge on any atom is -0.490 e. The van der Waals surface area contributed by atoms with Gasteiger partial charge in [-0.3, -0.25) is 0 Å². The molecule has 0 unspecified atom stereocenters. The van der Waals surface area contributed by atoms with Gasteiger partial charge in [0.25, 0.3) is 0 Å². The monoisotopic (exact) mass is 274 g/mol. The van der Waals surface area contributed by atoms with Gasteiger partial charge in [0.1, 0.15) is 17.4 Å². The van der Waals surface area contributed by atoms with Crippen molar-refractivity contribution in [3.05, 3.63) is 59.1 Å². The summed E-state index contributed by atoms with van der Waals surface area (Å²) < 4.78 is 5.45. The second-order valence-corrected chi connectivity index (χ2v) is 5.14. The van der Waals surface area contributed by atoms with E-state index in [2.05, 4.69) is 35.9 Å². The lowest BCUT2D eigenvalue weighted by atomic mass is 10.2. The van der Waals surface area contributed by atoms with Crippen molar-refractivity contribution >= 4 is 11.3 Å². The van der Waals surface area contributed by atoms with E-state index in [4.69, 9.17) is 4.74 Å². The van der Waals surface area contributed by atoms with Crippen molar-refractivity contribution in [2.24, 2.45) is 0 Å². The highest BCUT2D eigenvalue weighted by Gasteiger charge is 2.06. The molecule has 0 aliphatic carbocycles. The maximum Gasteiger partial charge on any atom is 0.119 e. The highest BCUT2D eigenvalue weighted by Crippen LogP contribution is 2.16. The predicted octanol–water partition coefficient (Wildman–Crippen LogP) is 3.56. The van der Waals surface area contributed by atoms with Crippen LogP contribution in [0.4, 0.5) is 0 Å². The molecule has 0 aliphatic heterocycles. The molecule has 1 aromatic carbocycles. The molecule has 19 heavy (non-hydrogen) atoms. The molecule has 0 radical (unpaired) electrons. The maximum atomic E-state index is 5.45. The molecule has 0 aliphatic rings. The first kappa shape index (κ1) is 13.8. The van der Waals surface area contributed by atoms with E-state index < -0.39 is 0 Å². The van der Waals surface area contributed by atoms with Crippen LogP contribution < -0.4 is 10.1 Å². The lowest BCUT2D eigenvalue weighted by molar-refractivity contribution is 0.363. The zero-order chi connectivity index (χ0) is 13.5. The molecule has 3 nitrogen and oxygen atoms in total. The molecule has 0 saturated heterocycles. The molecule has 0 fully saturated rings. The summed E-state index contributed by atoms with van der Waals surface area (Å²) in [7, 11) is 0. The maximum absolute atomic E-state index is 5.45. The minimum absolute atomic E-state index is 0.275. The largest absolute Gasteiger partial charge is 0.490 e. The zero-order valence-electron chi connectivity index (χ0n) is 11.0. The van der Waals surface area contributed by atoms with Crippen LogP contribution in [0, 0.1) is 0 Å². The third kappa shape index (κ3) is 4.19. The molecular formula is C15H18N2OS. The minimum atomic E-state index is 0.275. The first-order chi connectivity index (χ1) is 9.29. The van der Waals surface area contributed by atoms with Gasteiger partial charge in [-0.05, 0) is 24.6 Å². The van der Waals surface area contributed by atoms with E-state index in [-0.39, 0.29) is 6.04 Å². The van der Waals surface area contributed by atoms with Gasteiger partial charge in [0.15, 0.2) is 0 Å². The quantitative estimate of drug-likeness (QED) is 0.784. The summed E-state index contributed by atoms with van der Waals surface area (Å²) in [6, 6.07) is 8.38. The fourth-order valence-electron chi connectivity index (χ4n) is 1.67. The van der Waals surface area contributed by atoms with Crippen LogP contribution in [0.15, 0.2) is 48.5 Å². The summed E-state index contributed by atoms with van der Waals surface area (Å²) >= 11 is 1.67. The van der Waals surface area contributed by atoms with Crippen molar-refractivity contribution in [3.63, 3.8) is 0 Å².